The average Bonchev–Trinajstić information content (AvgIpc) is 3.21. The summed E-state index contributed by atoms with van der Waals surface area (Å²) < 4.78 is 6.45. The van der Waals surface area contributed by atoms with Crippen molar-refractivity contribution < 1.29 is 19.4 Å². The van der Waals surface area contributed by atoms with Gasteiger partial charge in [0.05, 0.1) is 32.8 Å². The van der Waals surface area contributed by atoms with Gasteiger partial charge < -0.3 is 9.64 Å². The van der Waals surface area contributed by atoms with Crippen molar-refractivity contribution in [3.63, 3.8) is 0 Å². The van der Waals surface area contributed by atoms with Gasteiger partial charge in [0.2, 0.25) is 0 Å². The summed E-state index contributed by atoms with van der Waals surface area (Å²) in [6, 6.07) is 8.41. The van der Waals surface area contributed by atoms with Crippen LogP contribution in [0.2, 0.25) is 0 Å². The first-order valence-corrected chi connectivity index (χ1v) is 11.0. The molecule has 0 unspecified atom stereocenters. The number of nitro groups is 2. The number of aromatic nitrogens is 1. The van der Waals surface area contributed by atoms with Crippen LogP contribution in [0.25, 0.3) is 10.2 Å². The van der Waals surface area contributed by atoms with Gasteiger partial charge in [0.15, 0.2) is 5.13 Å². The molecule has 0 bridgehead atoms. The number of amides is 1. The average molecular weight is 474 g/mol. The molecule has 11 nitrogen and oxygen atoms in total. The number of carbonyl (C=O) groups excluding carboxylic acids is 1. The van der Waals surface area contributed by atoms with Crippen LogP contribution in [-0.2, 0) is 0 Å². The Hall–Kier alpha value is -3.64. The van der Waals surface area contributed by atoms with Crippen molar-refractivity contribution in [1.29, 1.82) is 0 Å². The number of para-hydroxylation sites is 1. The topological polar surface area (TPSA) is 132 Å². The predicted octanol–water partition coefficient (Wildman–Crippen LogP) is 4.11. The number of non-ortho nitro benzene ring substituents is 2. The second kappa shape index (κ2) is 10.3. The van der Waals surface area contributed by atoms with Crippen molar-refractivity contribution in [2.24, 2.45) is 0 Å². The van der Waals surface area contributed by atoms with Crippen LogP contribution in [0.5, 0.6) is 5.75 Å². The van der Waals surface area contributed by atoms with Crippen molar-refractivity contribution in [2.75, 3.05) is 38.7 Å². The van der Waals surface area contributed by atoms with Gasteiger partial charge >= 0.3 is 0 Å². The molecule has 0 saturated heterocycles. The summed E-state index contributed by atoms with van der Waals surface area (Å²) in [5, 5.41) is 22.9. The lowest BCUT2D eigenvalue weighted by Gasteiger charge is -2.21. The lowest BCUT2D eigenvalue weighted by molar-refractivity contribution is -0.394. The molecule has 2 aromatic carbocycles. The Bertz CT molecular complexity index is 1160. The number of thiazole rings is 1. The molecule has 0 aliphatic rings. The Morgan fingerprint density at radius 1 is 1.09 bits per heavy atom. The minimum Gasteiger partial charge on any atom is -0.492 e. The van der Waals surface area contributed by atoms with Crippen molar-refractivity contribution in [3.05, 3.63) is 62.2 Å². The van der Waals surface area contributed by atoms with Crippen LogP contribution in [0.4, 0.5) is 16.5 Å². The summed E-state index contributed by atoms with van der Waals surface area (Å²) in [5.41, 5.74) is -0.590. The summed E-state index contributed by atoms with van der Waals surface area (Å²) in [6.07, 6.45) is 0.601. The van der Waals surface area contributed by atoms with E-state index >= 15 is 0 Å². The maximum Gasteiger partial charge on any atom is 0.277 e. The molecule has 174 valence electrons. The van der Waals surface area contributed by atoms with E-state index in [2.05, 4.69) is 4.98 Å². The van der Waals surface area contributed by atoms with E-state index in [1.807, 2.05) is 38.1 Å². The molecule has 0 aliphatic heterocycles. The van der Waals surface area contributed by atoms with Crippen LogP contribution in [0.15, 0.2) is 36.4 Å². The highest BCUT2D eigenvalue weighted by molar-refractivity contribution is 7.22. The zero-order valence-corrected chi connectivity index (χ0v) is 19.2. The van der Waals surface area contributed by atoms with Gasteiger partial charge in [-0.05, 0) is 46.1 Å². The fourth-order valence-corrected chi connectivity index (χ4v) is 4.22. The van der Waals surface area contributed by atoms with E-state index < -0.39 is 27.1 Å². The molecule has 0 aliphatic carbocycles. The summed E-state index contributed by atoms with van der Waals surface area (Å²) in [7, 11) is 3.81. The van der Waals surface area contributed by atoms with E-state index in [0.717, 1.165) is 22.9 Å². The van der Waals surface area contributed by atoms with E-state index in [-0.39, 0.29) is 12.1 Å². The molecule has 12 heteroatoms. The number of hydrogen-bond donors (Lipinski definition) is 0. The number of nitro benzene ring substituents is 2. The summed E-state index contributed by atoms with van der Waals surface area (Å²) in [6.45, 7) is 3.28. The Labute approximate surface area is 193 Å². The van der Waals surface area contributed by atoms with Crippen LogP contribution < -0.4 is 9.64 Å². The highest BCUT2D eigenvalue weighted by atomic mass is 32.1. The summed E-state index contributed by atoms with van der Waals surface area (Å²) in [5.74, 6) is -0.0123. The number of nitrogens with zero attached hydrogens (tertiary/aromatic N) is 5. The van der Waals surface area contributed by atoms with Crippen molar-refractivity contribution in [1.82, 2.24) is 9.88 Å². The van der Waals surface area contributed by atoms with Crippen LogP contribution in [0.3, 0.4) is 0 Å². The Morgan fingerprint density at radius 2 is 1.76 bits per heavy atom. The zero-order chi connectivity index (χ0) is 24.1. The fourth-order valence-electron chi connectivity index (χ4n) is 3.21. The maximum atomic E-state index is 13.5. The maximum absolute atomic E-state index is 13.5. The standard InChI is InChI=1S/C21H23N5O6S/c1-4-32-17-7-5-8-18-19(17)22-21(33-18)24(10-6-9-23(2)3)20(27)14-11-15(25(28)29)13-16(12-14)26(30)31/h5,7-8,11-13H,4,6,9-10H2,1-3H3. The normalized spacial score (nSPS) is 11.0. The number of rotatable bonds is 10. The van der Waals surface area contributed by atoms with Gasteiger partial charge in [0.1, 0.15) is 11.3 Å². The first-order chi connectivity index (χ1) is 15.7. The first kappa shape index (κ1) is 24.0. The molecule has 1 heterocycles. The van der Waals surface area contributed by atoms with Gasteiger partial charge in [-0.1, -0.05) is 17.4 Å². The van der Waals surface area contributed by atoms with Crippen LogP contribution in [-0.4, -0.2) is 59.4 Å². The van der Waals surface area contributed by atoms with Gasteiger partial charge in [-0.3, -0.25) is 29.9 Å². The van der Waals surface area contributed by atoms with E-state index in [9.17, 15) is 25.0 Å². The third-order valence-electron chi connectivity index (χ3n) is 4.70. The molecule has 0 fully saturated rings. The molecule has 3 rings (SSSR count). The molecule has 1 aromatic heterocycles. The van der Waals surface area contributed by atoms with Crippen molar-refractivity contribution in [3.8, 4) is 5.75 Å². The SMILES string of the molecule is CCOc1cccc2sc(N(CCCN(C)C)C(=O)c3cc([N+](=O)[O-])cc([N+](=O)[O-])c3)nc12. The molecular weight excluding hydrogens is 450 g/mol. The highest BCUT2D eigenvalue weighted by Gasteiger charge is 2.26. The van der Waals surface area contributed by atoms with Gasteiger partial charge in [-0.15, -0.1) is 0 Å². The molecule has 0 atom stereocenters. The van der Waals surface area contributed by atoms with Crippen molar-refractivity contribution in [2.45, 2.75) is 13.3 Å². The third-order valence-corrected chi connectivity index (χ3v) is 5.75. The summed E-state index contributed by atoms with van der Waals surface area (Å²) >= 11 is 1.28. The second-order valence-corrected chi connectivity index (χ2v) is 8.41. The Kier molecular flexibility index (Phi) is 7.51. The molecule has 0 N–H and O–H groups in total. The molecule has 0 spiro atoms. The largest absolute Gasteiger partial charge is 0.492 e. The van der Waals surface area contributed by atoms with E-state index in [4.69, 9.17) is 4.74 Å². The molecule has 0 radical (unpaired) electrons. The quantitative estimate of drug-likeness (QED) is 0.317. The smallest absolute Gasteiger partial charge is 0.277 e. The number of fused-ring (bicyclic) bond motifs is 1. The minimum atomic E-state index is -0.758. The van der Waals surface area contributed by atoms with Gasteiger partial charge in [-0.25, -0.2) is 4.98 Å². The molecular formula is C21H23N5O6S. The molecule has 0 saturated carbocycles. The molecule has 3 aromatic rings. The van der Waals surface area contributed by atoms with E-state index in [1.165, 1.54) is 16.2 Å². The van der Waals surface area contributed by atoms with Crippen LogP contribution in [0.1, 0.15) is 23.7 Å². The van der Waals surface area contributed by atoms with E-state index in [0.29, 0.717) is 36.0 Å². The summed E-state index contributed by atoms with van der Waals surface area (Å²) in [4.78, 5) is 42.5. The number of carbonyl (C=O) groups is 1. The first-order valence-electron chi connectivity index (χ1n) is 10.1. The van der Waals surface area contributed by atoms with Crippen LogP contribution in [0, 0.1) is 20.2 Å². The molecule has 33 heavy (non-hydrogen) atoms. The lowest BCUT2D eigenvalue weighted by atomic mass is 10.1. The molecule has 1 amide bonds. The number of benzene rings is 2. The minimum absolute atomic E-state index is 0.148. The van der Waals surface area contributed by atoms with Gasteiger partial charge in [-0.2, -0.15) is 0 Å². The Balaban J connectivity index is 2.07. The van der Waals surface area contributed by atoms with Crippen molar-refractivity contribution >= 4 is 44.0 Å². The number of anilines is 1. The van der Waals surface area contributed by atoms with Gasteiger partial charge in [0, 0.05) is 18.7 Å². The lowest BCUT2D eigenvalue weighted by Crippen LogP contribution is -2.33. The van der Waals surface area contributed by atoms with Crippen LogP contribution >= 0.6 is 11.3 Å². The number of ether oxygens (including phenoxy) is 1. The zero-order valence-electron chi connectivity index (χ0n) is 18.4. The third kappa shape index (κ3) is 5.59. The predicted molar refractivity (Wildman–Crippen MR) is 125 cm³/mol. The highest BCUT2D eigenvalue weighted by Crippen LogP contribution is 2.35. The monoisotopic (exact) mass is 473 g/mol. The number of hydrogen-bond acceptors (Lipinski definition) is 9. The Morgan fingerprint density at radius 3 is 2.33 bits per heavy atom. The van der Waals surface area contributed by atoms with E-state index in [1.54, 1.807) is 6.07 Å². The second-order valence-electron chi connectivity index (χ2n) is 7.40. The van der Waals surface area contributed by atoms with Gasteiger partial charge in [0.25, 0.3) is 17.3 Å². The fraction of sp³-hybridized carbons (Fsp3) is 0.333.